The molecule has 0 saturated carbocycles. The van der Waals surface area contributed by atoms with E-state index in [9.17, 15) is 18.0 Å². The average molecular weight is 420 g/mol. The van der Waals surface area contributed by atoms with Gasteiger partial charge < -0.3 is 10.1 Å². The molecular weight excluding hydrogens is 401 g/mol. The summed E-state index contributed by atoms with van der Waals surface area (Å²) in [5, 5.41) is 5.16. The van der Waals surface area contributed by atoms with Gasteiger partial charge in [-0.15, -0.1) is 11.3 Å². The summed E-state index contributed by atoms with van der Waals surface area (Å²) < 4.78 is 43.0. The lowest BCUT2D eigenvalue weighted by Crippen LogP contribution is -2.24. The van der Waals surface area contributed by atoms with E-state index in [4.69, 9.17) is 4.74 Å². The van der Waals surface area contributed by atoms with E-state index in [-0.39, 0.29) is 12.3 Å². The molecule has 1 amide bonds. The largest absolute Gasteiger partial charge is 0.416 e. The second kappa shape index (κ2) is 9.19. The highest BCUT2D eigenvalue weighted by Crippen LogP contribution is 2.31. The fourth-order valence-electron chi connectivity index (χ4n) is 2.67. The minimum atomic E-state index is -4.37. The predicted molar refractivity (Wildman–Crippen MR) is 105 cm³/mol. The molecule has 0 unspecified atom stereocenters. The number of benzene rings is 2. The number of methoxy groups -OCH3 is 1. The molecule has 0 saturated heterocycles. The molecule has 3 aromatic rings. The molecule has 0 aliphatic carbocycles. The van der Waals surface area contributed by atoms with Gasteiger partial charge in [-0.05, 0) is 23.3 Å². The Morgan fingerprint density at radius 3 is 2.34 bits per heavy atom. The van der Waals surface area contributed by atoms with E-state index >= 15 is 0 Å². The number of alkyl halides is 3. The maximum Gasteiger partial charge on any atom is 0.416 e. The molecule has 0 aliphatic rings. The molecule has 152 valence electrons. The number of nitrogens with zero attached hydrogens (tertiary/aromatic N) is 1. The maximum absolute atomic E-state index is 12.7. The van der Waals surface area contributed by atoms with E-state index in [1.165, 1.54) is 23.5 Å². The number of carbonyl (C=O) groups excluding carboxylic acids is 1. The Balaban J connectivity index is 1.54. The Kier molecular flexibility index (Phi) is 6.66. The van der Waals surface area contributed by atoms with Crippen LogP contribution in [0.15, 0.2) is 53.9 Å². The van der Waals surface area contributed by atoms with Gasteiger partial charge in [-0.25, -0.2) is 4.98 Å². The number of aromatic nitrogens is 1. The van der Waals surface area contributed by atoms with Crippen LogP contribution < -0.4 is 5.32 Å². The zero-order chi connectivity index (χ0) is 20.9. The molecule has 1 aromatic heterocycles. The number of rotatable bonds is 7. The van der Waals surface area contributed by atoms with Crippen molar-refractivity contribution in [1.82, 2.24) is 10.3 Å². The maximum atomic E-state index is 12.7. The monoisotopic (exact) mass is 420 g/mol. The molecule has 1 heterocycles. The van der Waals surface area contributed by atoms with Gasteiger partial charge in [0.15, 0.2) is 0 Å². The molecule has 1 N–H and O–H groups in total. The zero-order valence-corrected chi connectivity index (χ0v) is 16.4. The van der Waals surface area contributed by atoms with Crippen molar-refractivity contribution in [1.29, 1.82) is 0 Å². The van der Waals surface area contributed by atoms with Crippen molar-refractivity contribution in [3.8, 4) is 10.6 Å². The lowest BCUT2D eigenvalue weighted by Gasteiger charge is -2.06. The van der Waals surface area contributed by atoms with Gasteiger partial charge in [0.05, 0.1) is 24.3 Å². The number of amides is 1. The summed E-state index contributed by atoms with van der Waals surface area (Å²) in [6, 6.07) is 12.6. The molecule has 2 aromatic carbocycles. The molecule has 4 nitrogen and oxygen atoms in total. The van der Waals surface area contributed by atoms with Crippen molar-refractivity contribution in [2.45, 2.75) is 25.7 Å². The van der Waals surface area contributed by atoms with Crippen LogP contribution in [0, 0.1) is 0 Å². The smallest absolute Gasteiger partial charge is 0.380 e. The van der Waals surface area contributed by atoms with Crippen LogP contribution in [-0.4, -0.2) is 18.0 Å². The lowest BCUT2D eigenvalue weighted by molar-refractivity contribution is -0.137. The fourth-order valence-corrected chi connectivity index (χ4v) is 3.50. The number of halogens is 3. The van der Waals surface area contributed by atoms with Crippen LogP contribution in [0.3, 0.4) is 0 Å². The van der Waals surface area contributed by atoms with Crippen molar-refractivity contribution in [2.75, 3.05) is 7.11 Å². The zero-order valence-electron chi connectivity index (χ0n) is 15.6. The second-order valence-electron chi connectivity index (χ2n) is 6.42. The normalized spacial score (nSPS) is 11.4. The Hall–Kier alpha value is -2.71. The molecule has 3 rings (SSSR count). The van der Waals surface area contributed by atoms with E-state index < -0.39 is 11.7 Å². The first-order chi connectivity index (χ1) is 13.8. The lowest BCUT2D eigenvalue weighted by atomic mass is 10.1. The Labute approximate surface area is 170 Å². The van der Waals surface area contributed by atoms with E-state index in [0.29, 0.717) is 29.4 Å². The number of hydrogen-bond acceptors (Lipinski definition) is 4. The third-order valence-corrected chi connectivity index (χ3v) is 5.12. The summed E-state index contributed by atoms with van der Waals surface area (Å²) in [6.07, 6.45) is -4.26. The SMILES string of the molecule is COCc1ccc(CNC(=O)Cc2csc(-c3ccc(C(F)(F)F)cc3)n2)cc1. The van der Waals surface area contributed by atoms with Crippen LogP contribution >= 0.6 is 11.3 Å². The van der Waals surface area contributed by atoms with Crippen LogP contribution in [0.2, 0.25) is 0 Å². The third kappa shape index (κ3) is 5.88. The quantitative estimate of drug-likeness (QED) is 0.595. The molecule has 29 heavy (non-hydrogen) atoms. The topological polar surface area (TPSA) is 51.2 Å². The summed E-state index contributed by atoms with van der Waals surface area (Å²) in [5.41, 5.74) is 2.50. The van der Waals surface area contributed by atoms with Gasteiger partial charge in [0, 0.05) is 24.6 Å². The Morgan fingerprint density at radius 1 is 1.07 bits per heavy atom. The molecule has 8 heteroatoms. The van der Waals surface area contributed by atoms with Crippen LogP contribution in [0.25, 0.3) is 10.6 Å². The van der Waals surface area contributed by atoms with Gasteiger partial charge in [-0.2, -0.15) is 13.2 Å². The highest BCUT2D eigenvalue weighted by atomic mass is 32.1. The van der Waals surface area contributed by atoms with Crippen LogP contribution in [0.5, 0.6) is 0 Å². The summed E-state index contributed by atoms with van der Waals surface area (Å²) in [5.74, 6) is -0.171. The number of carbonyl (C=O) groups is 1. The first-order valence-corrected chi connectivity index (χ1v) is 9.68. The van der Waals surface area contributed by atoms with E-state index in [0.717, 1.165) is 23.3 Å². The van der Waals surface area contributed by atoms with Crippen LogP contribution in [0.4, 0.5) is 13.2 Å². The average Bonchev–Trinajstić information content (AvgIpc) is 3.15. The van der Waals surface area contributed by atoms with Gasteiger partial charge in [-0.3, -0.25) is 4.79 Å². The second-order valence-corrected chi connectivity index (χ2v) is 7.28. The van der Waals surface area contributed by atoms with Crippen LogP contribution in [0.1, 0.15) is 22.4 Å². The molecule has 0 atom stereocenters. The van der Waals surface area contributed by atoms with Gasteiger partial charge in [-0.1, -0.05) is 36.4 Å². The van der Waals surface area contributed by atoms with Gasteiger partial charge in [0.2, 0.25) is 5.91 Å². The van der Waals surface area contributed by atoms with Gasteiger partial charge >= 0.3 is 6.18 Å². The number of ether oxygens (including phenoxy) is 1. The highest BCUT2D eigenvalue weighted by molar-refractivity contribution is 7.13. The van der Waals surface area contributed by atoms with Gasteiger partial charge in [0.1, 0.15) is 5.01 Å². The van der Waals surface area contributed by atoms with E-state index in [1.54, 1.807) is 12.5 Å². The van der Waals surface area contributed by atoms with Crippen LogP contribution in [-0.2, 0) is 35.3 Å². The summed E-state index contributed by atoms with van der Waals surface area (Å²) in [7, 11) is 1.63. The van der Waals surface area contributed by atoms with Gasteiger partial charge in [0.25, 0.3) is 0 Å². The predicted octanol–water partition coefficient (Wildman–Crippen LogP) is 4.83. The first kappa shape index (κ1) is 21.0. The Morgan fingerprint density at radius 2 is 1.72 bits per heavy atom. The van der Waals surface area contributed by atoms with Crippen molar-refractivity contribution in [2.24, 2.45) is 0 Å². The molecule has 0 radical (unpaired) electrons. The van der Waals surface area contributed by atoms with Crippen molar-refractivity contribution < 1.29 is 22.7 Å². The summed E-state index contributed by atoms with van der Waals surface area (Å²) in [4.78, 5) is 16.5. The van der Waals surface area contributed by atoms with Crippen molar-refractivity contribution in [3.63, 3.8) is 0 Å². The number of thiazole rings is 1. The molecule has 0 bridgehead atoms. The highest BCUT2D eigenvalue weighted by Gasteiger charge is 2.30. The minimum absolute atomic E-state index is 0.110. The van der Waals surface area contributed by atoms with E-state index in [1.807, 2.05) is 24.3 Å². The molecular formula is C21H19F3N2O2S. The summed E-state index contributed by atoms with van der Waals surface area (Å²) >= 11 is 1.29. The number of nitrogens with one attached hydrogen (secondary N) is 1. The number of hydrogen-bond donors (Lipinski definition) is 1. The first-order valence-electron chi connectivity index (χ1n) is 8.80. The van der Waals surface area contributed by atoms with Crippen molar-refractivity contribution >= 4 is 17.2 Å². The molecule has 0 aliphatic heterocycles. The third-order valence-electron chi connectivity index (χ3n) is 4.18. The molecule has 0 fully saturated rings. The minimum Gasteiger partial charge on any atom is -0.380 e. The Bertz CT molecular complexity index is 951. The fraction of sp³-hybridized carbons (Fsp3) is 0.238. The standard InChI is InChI=1S/C21H19F3N2O2S/c1-28-12-15-4-2-14(3-5-15)11-25-19(27)10-18-13-29-20(26-18)16-6-8-17(9-7-16)21(22,23)24/h2-9,13H,10-12H2,1H3,(H,25,27). The summed E-state index contributed by atoms with van der Waals surface area (Å²) in [6.45, 7) is 0.944. The molecule has 0 spiro atoms. The van der Waals surface area contributed by atoms with E-state index in [2.05, 4.69) is 10.3 Å². The van der Waals surface area contributed by atoms with Crippen molar-refractivity contribution in [3.05, 3.63) is 76.3 Å².